The maximum absolute atomic E-state index is 12.2. The van der Waals surface area contributed by atoms with Gasteiger partial charge < -0.3 is 14.2 Å². The van der Waals surface area contributed by atoms with E-state index in [2.05, 4.69) is 17.5 Å². The third-order valence-corrected chi connectivity index (χ3v) is 6.13. The number of thiophene rings is 2. The number of carbonyl (C=O) groups excluding carboxylic acids is 1. The van der Waals surface area contributed by atoms with Crippen LogP contribution in [0.2, 0.25) is 0 Å². The lowest BCUT2D eigenvalue weighted by Gasteiger charge is -2.11. The molecule has 1 atom stereocenters. The van der Waals surface area contributed by atoms with E-state index in [1.165, 1.54) is 9.75 Å². The summed E-state index contributed by atoms with van der Waals surface area (Å²) in [6, 6.07) is 11.7. The van der Waals surface area contributed by atoms with Crippen molar-refractivity contribution in [3.63, 3.8) is 0 Å². The van der Waals surface area contributed by atoms with Gasteiger partial charge in [-0.25, -0.2) is 4.79 Å². The van der Waals surface area contributed by atoms with Crippen LogP contribution in [0, 0.1) is 0 Å². The van der Waals surface area contributed by atoms with Crippen molar-refractivity contribution in [2.75, 3.05) is 14.2 Å². The van der Waals surface area contributed by atoms with Crippen LogP contribution in [0.25, 0.3) is 9.75 Å². The normalized spacial score (nSPS) is 15.9. The smallest absolute Gasteiger partial charge is 0.339 e. The standard InChI is InChI=1S/C18H14O4S2/c1-20-12-8-10-11(9-13(12)21-2)18(19)22-17(10)16-6-5-15(24-16)14-4-3-7-23-14/h3-9,17H,1-2H3. The second kappa shape index (κ2) is 5.96. The summed E-state index contributed by atoms with van der Waals surface area (Å²) < 4.78 is 16.2. The summed E-state index contributed by atoms with van der Waals surface area (Å²) in [6.07, 6.45) is -0.397. The minimum absolute atomic E-state index is 0.331. The Hall–Kier alpha value is -2.31. The Morgan fingerprint density at radius 1 is 1.04 bits per heavy atom. The van der Waals surface area contributed by atoms with Crippen molar-refractivity contribution in [1.29, 1.82) is 0 Å². The monoisotopic (exact) mass is 358 g/mol. The van der Waals surface area contributed by atoms with Gasteiger partial charge in [-0.2, -0.15) is 0 Å². The fourth-order valence-corrected chi connectivity index (χ4v) is 4.67. The molecule has 0 bridgehead atoms. The topological polar surface area (TPSA) is 44.8 Å². The minimum atomic E-state index is -0.397. The number of ether oxygens (including phenoxy) is 3. The average molecular weight is 358 g/mol. The van der Waals surface area contributed by atoms with Gasteiger partial charge in [-0.05, 0) is 35.7 Å². The van der Waals surface area contributed by atoms with E-state index in [1.54, 1.807) is 43.0 Å². The third-order valence-electron chi connectivity index (χ3n) is 3.93. The number of esters is 1. The molecule has 1 aliphatic rings. The summed E-state index contributed by atoms with van der Waals surface area (Å²) in [6.45, 7) is 0. The highest BCUT2D eigenvalue weighted by molar-refractivity contribution is 7.21. The van der Waals surface area contributed by atoms with Crippen LogP contribution < -0.4 is 9.47 Å². The summed E-state index contributed by atoms with van der Waals surface area (Å²) in [5, 5.41) is 2.05. The number of methoxy groups -OCH3 is 2. The zero-order valence-electron chi connectivity index (χ0n) is 13.1. The van der Waals surface area contributed by atoms with Crippen molar-refractivity contribution in [3.05, 3.63) is 57.8 Å². The molecule has 4 nitrogen and oxygen atoms in total. The number of cyclic esters (lactones) is 1. The molecule has 0 spiro atoms. The Morgan fingerprint density at radius 3 is 2.54 bits per heavy atom. The van der Waals surface area contributed by atoms with Gasteiger partial charge in [-0.3, -0.25) is 0 Å². The van der Waals surface area contributed by atoms with E-state index in [9.17, 15) is 4.79 Å². The van der Waals surface area contributed by atoms with E-state index in [4.69, 9.17) is 14.2 Å². The highest BCUT2D eigenvalue weighted by Crippen LogP contribution is 2.45. The number of hydrogen-bond acceptors (Lipinski definition) is 6. The van der Waals surface area contributed by atoms with Crippen LogP contribution in [-0.4, -0.2) is 20.2 Å². The Balaban J connectivity index is 1.76. The number of hydrogen-bond donors (Lipinski definition) is 0. The molecule has 0 radical (unpaired) electrons. The molecule has 6 heteroatoms. The number of carbonyl (C=O) groups is 1. The molecule has 122 valence electrons. The lowest BCUT2D eigenvalue weighted by Crippen LogP contribution is -1.98. The van der Waals surface area contributed by atoms with Crippen LogP contribution in [0.4, 0.5) is 0 Å². The maximum Gasteiger partial charge on any atom is 0.339 e. The molecule has 0 fully saturated rings. The lowest BCUT2D eigenvalue weighted by molar-refractivity contribution is 0.0461. The van der Waals surface area contributed by atoms with Gasteiger partial charge in [0.25, 0.3) is 0 Å². The molecule has 0 amide bonds. The summed E-state index contributed by atoms with van der Waals surface area (Å²) >= 11 is 3.33. The van der Waals surface area contributed by atoms with Gasteiger partial charge >= 0.3 is 5.97 Å². The van der Waals surface area contributed by atoms with E-state index in [0.717, 1.165) is 10.4 Å². The molecule has 1 aliphatic heterocycles. The predicted octanol–water partition coefficient (Wildman–Crippen LogP) is 4.75. The Kier molecular flexibility index (Phi) is 3.78. The molecular weight excluding hydrogens is 344 g/mol. The molecule has 3 aromatic rings. The Bertz CT molecular complexity index is 896. The third kappa shape index (κ3) is 2.39. The van der Waals surface area contributed by atoms with Crippen LogP contribution in [-0.2, 0) is 4.74 Å². The number of rotatable bonds is 4. The van der Waals surface area contributed by atoms with Crippen molar-refractivity contribution in [3.8, 4) is 21.3 Å². The van der Waals surface area contributed by atoms with Crippen LogP contribution in [0.1, 0.15) is 26.9 Å². The van der Waals surface area contributed by atoms with Crippen LogP contribution in [0.3, 0.4) is 0 Å². The van der Waals surface area contributed by atoms with E-state index >= 15 is 0 Å². The molecule has 2 aromatic heterocycles. The summed E-state index contributed by atoms with van der Waals surface area (Å²) in [4.78, 5) is 15.6. The zero-order valence-corrected chi connectivity index (χ0v) is 14.7. The lowest BCUT2D eigenvalue weighted by atomic mass is 10.0. The number of benzene rings is 1. The molecule has 4 rings (SSSR count). The first-order chi connectivity index (χ1) is 11.7. The van der Waals surface area contributed by atoms with Crippen molar-refractivity contribution in [1.82, 2.24) is 0 Å². The highest BCUT2D eigenvalue weighted by Gasteiger charge is 2.35. The quantitative estimate of drug-likeness (QED) is 0.631. The fraction of sp³-hybridized carbons (Fsp3) is 0.167. The van der Waals surface area contributed by atoms with Crippen LogP contribution in [0.5, 0.6) is 11.5 Å². The van der Waals surface area contributed by atoms with Gasteiger partial charge in [-0.1, -0.05) is 6.07 Å². The molecule has 0 N–H and O–H groups in total. The van der Waals surface area contributed by atoms with Crippen molar-refractivity contribution < 1.29 is 19.0 Å². The second-order valence-electron chi connectivity index (χ2n) is 5.26. The Morgan fingerprint density at radius 2 is 1.83 bits per heavy atom. The average Bonchev–Trinajstić information content (AvgIpc) is 3.33. The molecule has 3 heterocycles. The van der Waals surface area contributed by atoms with Gasteiger partial charge in [0, 0.05) is 15.3 Å². The largest absolute Gasteiger partial charge is 0.493 e. The summed E-state index contributed by atoms with van der Waals surface area (Å²) in [5.41, 5.74) is 1.35. The predicted molar refractivity (Wildman–Crippen MR) is 94.4 cm³/mol. The van der Waals surface area contributed by atoms with Crippen LogP contribution in [0.15, 0.2) is 41.8 Å². The molecule has 1 unspecified atom stereocenters. The first kappa shape index (κ1) is 15.2. The van der Waals surface area contributed by atoms with E-state index < -0.39 is 6.10 Å². The van der Waals surface area contributed by atoms with Crippen LogP contribution >= 0.6 is 22.7 Å². The molecule has 24 heavy (non-hydrogen) atoms. The molecular formula is C18H14O4S2. The van der Waals surface area contributed by atoms with Crippen molar-refractivity contribution in [2.45, 2.75) is 6.10 Å². The number of fused-ring (bicyclic) bond motifs is 1. The van der Waals surface area contributed by atoms with Crippen molar-refractivity contribution >= 4 is 28.6 Å². The first-order valence-corrected chi connectivity index (χ1v) is 9.01. The molecule has 0 aliphatic carbocycles. The van der Waals surface area contributed by atoms with Gasteiger partial charge in [0.05, 0.1) is 24.7 Å². The summed E-state index contributed by atoms with van der Waals surface area (Å²) in [5.74, 6) is 0.788. The van der Waals surface area contributed by atoms with Gasteiger partial charge in [0.2, 0.25) is 0 Å². The zero-order chi connectivity index (χ0) is 16.7. The summed E-state index contributed by atoms with van der Waals surface area (Å²) in [7, 11) is 3.13. The van der Waals surface area contributed by atoms with Crippen molar-refractivity contribution in [2.24, 2.45) is 0 Å². The Labute approximate surface area is 147 Å². The fourth-order valence-electron chi connectivity index (χ4n) is 2.78. The SMILES string of the molecule is COc1cc2c(cc1OC)C(c1ccc(-c3cccs3)s1)OC2=O. The van der Waals surface area contributed by atoms with Gasteiger partial charge in [0.1, 0.15) is 0 Å². The second-order valence-corrected chi connectivity index (χ2v) is 7.32. The van der Waals surface area contributed by atoms with E-state index in [-0.39, 0.29) is 5.97 Å². The maximum atomic E-state index is 12.2. The van der Waals surface area contributed by atoms with Gasteiger partial charge in [0.15, 0.2) is 17.6 Å². The molecule has 0 saturated heterocycles. The highest BCUT2D eigenvalue weighted by atomic mass is 32.1. The first-order valence-electron chi connectivity index (χ1n) is 7.31. The minimum Gasteiger partial charge on any atom is -0.493 e. The molecule has 0 saturated carbocycles. The van der Waals surface area contributed by atoms with E-state index in [0.29, 0.717) is 17.1 Å². The van der Waals surface area contributed by atoms with Gasteiger partial charge in [-0.15, -0.1) is 22.7 Å². The van der Waals surface area contributed by atoms with E-state index in [1.807, 2.05) is 18.2 Å². The molecule has 1 aromatic carbocycles.